The van der Waals surface area contributed by atoms with Crippen LogP contribution in [0.15, 0.2) is 66.9 Å². The van der Waals surface area contributed by atoms with Gasteiger partial charge in [0.05, 0.1) is 48.0 Å². The molecule has 0 spiro atoms. The molecule has 5 heterocycles. The average Bonchev–Trinajstić information content (AvgIpc) is 4.11. The summed E-state index contributed by atoms with van der Waals surface area (Å²) >= 11 is 0. The molecule has 2 aromatic carbocycles. The smallest absolute Gasteiger partial charge is 0.276 e. The lowest BCUT2D eigenvalue weighted by Crippen LogP contribution is -2.20. The fourth-order valence-electron chi connectivity index (χ4n) is 7.10. The molecule has 0 aliphatic carbocycles. The highest BCUT2D eigenvalue weighted by Gasteiger charge is 2.23. The molecular formula is C42H48N16O6. The van der Waals surface area contributed by atoms with Crippen molar-refractivity contribution in [3.8, 4) is 11.5 Å². The summed E-state index contributed by atoms with van der Waals surface area (Å²) in [4.78, 5) is 61.7. The van der Waals surface area contributed by atoms with E-state index in [0.717, 1.165) is 0 Å². The second-order valence-electron chi connectivity index (χ2n) is 14.5. The Kier molecular flexibility index (Phi) is 12.9. The van der Waals surface area contributed by atoms with Crippen LogP contribution in [0.1, 0.15) is 72.6 Å². The number of methoxy groups -OCH3 is 1. The summed E-state index contributed by atoms with van der Waals surface area (Å²) in [5.74, 6) is -1.38. The van der Waals surface area contributed by atoms with Crippen LogP contribution in [0.3, 0.4) is 0 Å². The molecule has 7 rings (SSSR count). The highest BCUT2D eigenvalue weighted by molar-refractivity contribution is 6.05. The number of primary amides is 2. The van der Waals surface area contributed by atoms with E-state index < -0.39 is 23.6 Å². The third-order valence-electron chi connectivity index (χ3n) is 10.1. The fraction of sp³-hybridized carbons (Fsp3) is 0.286. The molecule has 0 saturated carbocycles. The van der Waals surface area contributed by atoms with E-state index in [1.54, 1.807) is 61.4 Å². The van der Waals surface area contributed by atoms with Gasteiger partial charge in [0, 0.05) is 43.9 Å². The van der Waals surface area contributed by atoms with Crippen LogP contribution in [-0.2, 0) is 39.3 Å². The van der Waals surface area contributed by atoms with Crippen molar-refractivity contribution in [1.29, 1.82) is 0 Å². The molecule has 0 bridgehead atoms. The molecule has 22 nitrogen and oxygen atoms in total. The first-order valence-corrected chi connectivity index (χ1v) is 20.3. The van der Waals surface area contributed by atoms with E-state index in [1.807, 2.05) is 32.1 Å². The minimum Gasteiger partial charge on any atom is -0.494 e. The van der Waals surface area contributed by atoms with Gasteiger partial charge in [0.15, 0.2) is 0 Å². The molecule has 22 heteroatoms. The van der Waals surface area contributed by atoms with Crippen LogP contribution >= 0.6 is 0 Å². The minimum absolute atomic E-state index is 0.0908. The summed E-state index contributed by atoms with van der Waals surface area (Å²) in [6.45, 7) is 9.32. The van der Waals surface area contributed by atoms with Gasteiger partial charge in [0.2, 0.25) is 23.7 Å². The van der Waals surface area contributed by atoms with Gasteiger partial charge in [-0.05, 0) is 70.2 Å². The van der Waals surface area contributed by atoms with Crippen molar-refractivity contribution in [3.05, 3.63) is 106 Å². The Bertz CT molecular complexity index is 2960. The molecule has 0 unspecified atom stereocenters. The number of nitrogens with one attached hydrogen (secondary N) is 2. The Morgan fingerprint density at radius 3 is 1.67 bits per heavy atom. The Balaban J connectivity index is 1.26. The van der Waals surface area contributed by atoms with Gasteiger partial charge in [-0.3, -0.25) is 39.2 Å². The van der Waals surface area contributed by atoms with E-state index in [0.29, 0.717) is 75.9 Å². The van der Waals surface area contributed by atoms with Gasteiger partial charge in [-0.1, -0.05) is 23.4 Å². The summed E-state index contributed by atoms with van der Waals surface area (Å²) < 4.78 is 20.2. The van der Waals surface area contributed by atoms with Crippen molar-refractivity contribution in [2.24, 2.45) is 17.2 Å². The zero-order valence-corrected chi connectivity index (χ0v) is 35.9. The number of anilines is 2. The van der Waals surface area contributed by atoms with Gasteiger partial charge in [-0.25, -0.2) is 14.6 Å². The molecule has 0 saturated heterocycles. The number of aryl methyl sites for hydroxylation is 4. The number of hydrogen-bond acceptors (Lipinski definition) is 13. The van der Waals surface area contributed by atoms with E-state index in [-0.39, 0.29) is 55.0 Å². The maximum Gasteiger partial charge on any atom is 0.276 e. The van der Waals surface area contributed by atoms with Crippen molar-refractivity contribution in [2.45, 2.75) is 67.0 Å². The number of allylic oxidation sites excluding steroid dienone is 3. The maximum absolute atomic E-state index is 13.8. The van der Waals surface area contributed by atoms with Gasteiger partial charge >= 0.3 is 0 Å². The molecule has 0 aliphatic rings. The quantitative estimate of drug-likeness (QED) is 0.0731. The SMILES string of the molecule is CCn1nc(C)cc1C(=O)Nc1nc2cc(C(N)=O)cc(OC)c2n1C/C=C/Cn1c(NC(=O)c2cc(C)nn2CC)nc2cc(C(N)=O)cc(OC/C=C/Cn3cc(CN)nn3)c21. The van der Waals surface area contributed by atoms with E-state index in [9.17, 15) is 19.2 Å². The number of ether oxygens (including phenoxy) is 2. The summed E-state index contributed by atoms with van der Waals surface area (Å²) in [6.07, 6.45) is 9.02. The first-order chi connectivity index (χ1) is 30.8. The number of nitrogens with two attached hydrogens (primary N) is 3. The predicted molar refractivity (Wildman–Crippen MR) is 236 cm³/mol. The standard InChI is InChI=1S/C42H48N16O6/c1-6-57-31(16-24(3)51-57)39(61)48-41-46-29-18-26(37(44)59)20-33(63-5)35(29)55(41)13-8-9-14-56-36-30(47-42(56)49-40(62)32-17-25(4)52-58(32)7-2)19-27(38(45)60)21-34(36)64-15-11-10-12-54-23-28(22-43)50-53-54/h8-11,16-21,23H,6-7,12-15,22,43H2,1-5H3,(H2,44,59)(H2,45,60)(H,46,48,61)(H,47,49,62)/b9-8+,11-10+. The molecule has 4 amide bonds. The van der Waals surface area contributed by atoms with Crippen LogP contribution in [0, 0.1) is 13.8 Å². The largest absolute Gasteiger partial charge is 0.494 e. The number of imidazole rings is 2. The topological polar surface area (TPSA) is 291 Å². The molecule has 0 fully saturated rings. The molecular weight excluding hydrogens is 825 g/mol. The molecule has 0 atom stereocenters. The van der Waals surface area contributed by atoms with Gasteiger partial charge < -0.3 is 35.8 Å². The maximum atomic E-state index is 13.8. The van der Waals surface area contributed by atoms with Crippen LogP contribution in [-0.4, -0.2) is 91.0 Å². The number of amides is 4. The summed E-state index contributed by atoms with van der Waals surface area (Å²) in [5.41, 5.74) is 21.7. The summed E-state index contributed by atoms with van der Waals surface area (Å²) in [6, 6.07) is 9.45. The fourth-order valence-corrected chi connectivity index (χ4v) is 7.10. The van der Waals surface area contributed by atoms with E-state index in [2.05, 4.69) is 36.1 Å². The van der Waals surface area contributed by atoms with Gasteiger partial charge in [-0.2, -0.15) is 10.2 Å². The summed E-state index contributed by atoms with van der Waals surface area (Å²) in [5, 5.41) is 22.7. The van der Waals surface area contributed by atoms with Crippen LogP contribution in [0.25, 0.3) is 22.1 Å². The monoisotopic (exact) mass is 872 g/mol. The number of hydrogen-bond donors (Lipinski definition) is 5. The molecule has 332 valence electrons. The number of fused-ring (bicyclic) bond motifs is 2. The molecule has 0 aliphatic heterocycles. The zero-order chi connectivity index (χ0) is 45.7. The lowest BCUT2D eigenvalue weighted by atomic mass is 10.1. The highest BCUT2D eigenvalue weighted by atomic mass is 16.5. The van der Waals surface area contributed by atoms with E-state index in [1.165, 1.54) is 31.4 Å². The van der Waals surface area contributed by atoms with E-state index >= 15 is 0 Å². The van der Waals surface area contributed by atoms with Gasteiger partial charge in [0.25, 0.3) is 11.8 Å². The van der Waals surface area contributed by atoms with Crippen molar-refractivity contribution in [2.75, 3.05) is 24.4 Å². The number of aromatic nitrogens is 11. The van der Waals surface area contributed by atoms with Crippen molar-refractivity contribution < 1.29 is 28.7 Å². The second kappa shape index (κ2) is 18.9. The summed E-state index contributed by atoms with van der Waals surface area (Å²) in [7, 11) is 1.45. The second-order valence-corrected chi connectivity index (χ2v) is 14.5. The first kappa shape index (κ1) is 43.9. The lowest BCUT2D eigenvalue weighted by molar-refractivity contribution is 0.0991. The Morgan fingerprint density at radius 1 is 0.703 bits per heavy atom. The van der Waals surface area contributed by atoms with Gasteiger partial charge in [-0.15, -0.1) is 5.10 Å². The van der Waals surface area contributed by atoms with Gasteiger partial charge in [0.1, 0.15) is 40.5 Å². The predicted octanol–water partition coefficient (Wildman–Crippen LogP) is 3.09. The minimum atomic E-state index is -0.699. The van der Waals surface area contributed by atoms with Crippen molar-refractivity contribution >= 4 is 57.6 Å². The highest BCUT2D eigenvalue weighted by Crippen LogP contribution is 2.33. The number of carbonyl (C=O) groups excluding carboxylic acids is 4. The average molecular weight is 873 g/mol. The molecule has 5 aromatic heterocycles. The first-order valence-electron chi connectivity index (χ1n) is 20.3. The lowest BCUT2D eigenvalue weighted by Gasteiger charge is -2.13. The number of carbonyl (C=O) groups is 4. The van der Waals surface area contributed by atoms with Crippen LogP contribution in [0.4, 0.5) is 11.9 Å². The molecule has 7 aromatic rings. The normalized spacial score (nSPS) is 11.7. The number of rotatable bonds is 19. The van der Waals surface area contributed by atoms with Crippen molar-refractivity contribution in [1.82, 2.24) is 53.7 Å². The van der Waals surface area contributed by atoms with E-state index in [4.69, 9.17) is 31.7 Å². The Morgan fingerprint density at radius 2 is 1.20 bits per heavy atom. The van der Waals surface area contributed by atoms with Crippen LogP contribution in [0.5, 0.6) is 11.5 Å². The number of benzene rings is 2. The number of nitrogens with zero attached hydrogens (tertiary/aromatic N) is 11. The van der Waals surface area contributed by atoms with Crippen LogP contribution in [0.2, 0.25) is 0 Å². The Hall–Kier alpha value is -8.14. The molecule has 64 heavy (non-hydrogen) atoms. The molecule has 8 N–H and O–H groups in total. The third-order valence-corrected chi connectivity index (χ3v) is 10.1. The third kappa shape index (κ3) is 9.21. The Labute approximate surface area is 365 Å². The zero-order valence-electron chi connectivity index (χ0n) is 35.9. The van der Waals surface area contributed by atoms with Crippen molar-refractivity contribution in [3.63, 3.8) is 0 Å². The molecule has 0 radical (unpaired) electrons. The van der Waals surface area contributed by atoms with Crippen LogP contribution < -0.4 is 37.3 Å².